The molecular weight excluding hydrogens is 416 g/mol. The first-order chi connectivity index (χ1) is 15.8. The molecule has 1 heterocycles. The molecule has 1 fully saturated rings. The predicted molar refractivity (Wildman–Crippen MR) is 129 cm³/mol. The van der Waals surface area contributed by atoms with Crippen LogP contribution in [0.2, 0.25) is 0 Å². The molecule has 0 saturated carbocycles. The Morgan fingerprint density at radius 2 is 1.70 bits per heavy atom. The summed E-state index contributed by atoms with van der Waals surface area (Å²) in [5.74, 6) is 0.398. The van der Waals surface area contributed by atoms with Crippen LogP contribution in [-0.4, -0.2) is 39.6 Å². The Bertz CT molecular complexity index is 949. The average molecular weight is 453 g/mol. The van der Waals surface area contributed by atoms with Crippen molar-refractivity contribution in [3.63, 3.8) is 0 Å². The van der Waals surface area contributed by atoms with Gasteiger partial charge in [0.25, 0.3) is 0 Å². The molecule has 0 bridgehead atoms. The highest BCUT2D eigenvalue weighted by molar-refractivity contribution is 6.03. The number of rotatable bonds is 9. The van der Waals surface area contributed by atoms with Gasteiger partial charge in [0.1, 0.15) is 11.2 Å². The van der Waals surface area contributed by atoms with E-state index < -0.39 is 17.7 Å². The number of hydrogen-bond acceptors (Lipinski definition) is 4. The molecule has 0 spiro atoms. The van der Waals surface area contributed by atoms with Crippen molar-refractivity contribution in [1.29, 1.82) is 0 Å². The minimum atomic E-state index is -0.722. The maximum absolute atomic E-state index is 13.6. The second kappa shape index (κ2) is 10.4. The van der Waals surface area contributed by atoms with Crippen LogP contribution in [-0.2, 0) is 11.3 Å². The molecule has 3 rings (SSSR count). The Morgan fingerprint density at radius 1 is 1.09 bits per heavy atom. The number of hydrogen-bond donors (Lipinski definition) is 1. The summed E-state index contributed by atoms with van der Waals surface area (Å²) >= 11 is 0. The van der Waals surface area contributed by atoms with Crippen molar-refractivity contribution in [2.24, 2.45) is 5.41 Å². The molecule has 2 aromatic carbocycles. The predicted octanol–water partition coefficient (Wildman–Crippen LogP) is 5.43. The minimum absolute atomic E-state index is 0.173. The third kappa shape index (κ3) is 4.91. The zero-order valence-electron chi connectivity index (χ0n) is 20.4. The molecule has 2 aromatic rings. The van der Waals surface area contributed by atoms with Crippen LogP contribution in [0.25, 0.3) is 0 Å². The first-order valence-electron chi connectivity index (χ1n) is 11.9. The number of ether oxygens (including phenoxy) is 1. The number of benzene rings is 2. The Labute approximate surface area is 197 Å². The largest absolute Gasteiger partial charge is 0.469 e. The quantitative estimate of drug-likeness (QED) is 0.515. The molecule has 1 saturated heterocycles. The van der Waals surface area contributed by atoms with Crippen LogP contribution >= 0.6 is 0 Å². The van der Waals surface area contributed by atoms with Gasteiger partial charge in [-0.2, -0.15) is 0 Å². The second-order valence-corrected chi connectivity index (χ2v) is 8.94. The summed E-state index contributed by atoms with van der Waals surface area (Å²) in [6.07, 6.45) is 0.737. The van der Waals surface area contributed by atoms with E-state index in [4.69, 9.17) is 4.74 Å². The molecule has 3 amide bonds. The van der Waals surface area contributed by atoms with Gasteiger partial charge in [0.15, 0.2) is 6.23 Å². The summed E-state index contributed by atoms with van der Waals surface area (Å²) in [5, 5.41) is 9.77. The lowest BCUT2D eigenvalue weighted by molar-refractivity contribution is -0.192. The molecule has 178 valence electrons. The standard InChI is InChI=1S/C27H36N2O4/c1-6-17-28(18-21-11-9-19(4)10-12-21)26(32)29-24(31)27(7-2,8-3)25(29)33-23-15-13-22(14-16-23)20(5)30/h9-16,20,25,30H,6-8,17-18H2,1-5H3. The number of aliphatic hydroxyl groups excluding tert-OH is 1. The lowest BCUT2D eigenvalue weighted by Gasteiger charge is -2.54. The molecule has 0 aromatic heterocycles. The van der Waals surface area contributed by atoms with Crippen LogP contribution in [0, 0.1) is 12.3 Å². The van der Waals surface area contributed by atoms with Crippen LogP contribution in [0.3, 0.4) is 0 Å². The van der Waals surface area contributed by atoms with Crippen LogP contribution in [0.4, 0.5) is 4.79 Å². The van der Waals surface area contributed by atoms with E-state index in [1.54, 1.807) is 36.1 Å². The lowest BCUT2D eigenvalue weighted by Crippen LogP contribution is -2.73. The normalized spacial score (nSPS) is 17.9. The van der Waals surface area contributed by atoms with E-state index in [9.17, 15) is 14.7 Å². The summed E-state index contributed by atoms with van der Waals surface area (Å²) in [6.45, 7) is 10.7. The van der Waals surface area contributed by atoms with E-state index in [1.807, 2.05) is 52.0 Å². The Morgan fingerprint density at radius 3 is 2.21 bits per heavy atom. The van der Waals surface area contributed by atoms with Gasteiger partial charge in [-0.25, -0.2) is 9.69 Å². The second-order valence-electron chi connectivity index (χ2n) is 8.94. The zero-order valence-corrected chi connectivity index (χ0v) is 20.4. The molecule has 2 atom stereocenters. The number of aryl methyl sites for hydroxylation is 1. The fourth-order valence-electron chi connectivity index (χ4n) is 4.42. The van der Waals surface area contributed by atoms with Crippen molar-refractivity contribution < 1.29 is 19.4 Å². The molecule has 2 unspecified atom stereocenters. The van der Waals surface area contributed by atoms with Crippen molar-refractivity contribution in [3.05, 3.63) is 65.2 Å². The molecule has 6 heteroatoms. The van der Waals surface area contributed by atoms with Crippen LogP contribution in [0.5, 0.6) is 5.75 Å². The number of β-lactam (4-membered cyclic amide) rings is 1. The van der Waals surface area contributed by atoms with Crippen LogP contribution in [0.1, 0.15) is 69.8 Å². The number of carbonyl (C=O) groups is 2. The minimum Gasteiger partial charge on any atom is -0.469 e. The van der Waals surface area contributed by atoms with Gasteiger partial charge in [-0.1, -0.05) is 62.7 Å². The molecular formula is C27H36N2O4. The number of nitrogens with zero attached hydrogens (tertiary/aromatic N) is 2. The summed E-state index contributed by atoms with van der Waals surface area (Å²) < 4.78 is 6.26. The molecule has 1 aliphatic rings. The van der Waals surface area contributed by atoms with E-state index in [2.05, 4.69) is 0 Å². The van der Waals surface area contributed by atoms with Gasteiger partial charge in [0.05, 0.1) is 6.10 Å². The fraction of sp³-hybridized carbons (Fsp3) is 0.481. The SMILES string of the molecule is CCCN(Cc1ccc(C)cc1)C(=O)N1C(=O)C(CC)(CC)C1Oc1ccc(C(C)O)cc1. The topological polar surface area (TPSA) is 70.1 Å². The van der Waals surface area contributed by atoms with E-state index in [0.29, 0.717) is 31.7 Å². The number of likely N-dealkylation sites (tertiary alicyclic amines) is 1. The van der Waals surface area contributed by atoms with Crippen LogP contribution < -0.4 is 4.74 Å². The van der Waals surface area contributed by atoms with Gasteiger partial charge >= 0.3 is 6.03 Å². The molecule has 6 nitrogen and oxygen atoms in total. The first kappa shape index (κ1) is 24.8. The van der Waals surface area contributed by atoms with E-state index in [-0.39, 0.29) is 11.9 Å². The van der Waals surface area contributed by atoms with Gasteiger partial charge in [0.2, 0.25) is 5.91 Å². The third-order valence-electron chi connectivity index (χ3n) is 6.69. The highest BCUT2D eigenvalue weighted by Gasteiger charge is 2.63. The van der Waals surface area contributed by atoms with Gasteiger partial charge in [0, 0.05) is 13.1 Å². The molecule has 1 N–H and O–H groups in total. The van der Waals surface area contributed by atoms with Gasteiger partial charge < -0.3 is 14.7 Å². The molecule has 0 aliphatic carbocycles. The number of amides is 3. The van der Waals surface area contributed by atoms with Crippen molar-refractivity contribution in [1.82, 2.24) is 9.80 Å². The molecule has 33 heavy (non-hydrogen) atoms. The maximum Gasteiger partial charge on any atom is 0.330 e. The highest BCUT2D eigenvalue weighted by Crippen LogP contribution is 2.46. The van der Waals surface area contributed by atoms with Gasteiger partial charge in [-0.05, 0) is 56.4 Å². The third-order valence-corrected chi connectivity index (χ3v) is 6.69. The monoisotopic (exact) mass is 452 g/mol. The maximum atomic E-state index is 13.6. The first-order valence-corrected chi connectivity index (χ1v) is 11.9. The molecule has 1 aliphatic heterocycles. The number of imide groups is 1. The number of urea groups is 1. The van der Waals surface area contributed by atoms with E-state index >= 15 is 0 Å². The number of carbonyl (C=O) groups excluding carboxylic acids is 2. The fourth-order valence-corrected chi connectivity index (χ4v) is 4.42. The Kier molecular flexibility index (Phi) is 7.80. The van der Waals surface area contributed by atoms with E-state index in [1.165, 1.54) is 4.90 Å². The highest BCUT2D eigenvalue weighted by atomic mass is 16.5. The summed E-state index contributed by atoms with van der Waals surface area (Å²) in [5.41, 5.74) is 2.25. The van der Waals surface area contributed by atoms with Gasteiger partial charge in [-0.3, -0.25) is 4.79 Å². The summed E-state index contributed by atoms with van der Waals surface area (Å²) in [4.78, 5) is 29.9. The van der Waals surface area contributed by atoms with Crippen molar-refractivity contribution >= 4 is 11.9 Å². The van der Waals surface area contributed by atoms with Crippen molar-refractivity contribution in [3.8, 4) is 5.75 Å². The summed E-state index contributed by atoms with van der Waals surface area (Å²) in [6, 6.07) is 14.9. The number of aliphatic hydroxyl groups is 1. The van der Waals surface area contributed by atoms with E-state index in [0.717, 1.165) is 23.1 Å². The van der Waals surface area contributed by atoms with Crippen LogP contribution in [0.15, 0.2) is 48.5 Å². The molecule has 0 radical (unpaired) electrons. The smallest absolute Gasteiger partial charge is 0.330 e. The van der Waals surface area contributed by atoms with Crippen molar-refractivity contribution in [2.75, 3.05) is 6.54 Å². The van der Waals surface area contributed by atoms with Gasteiger partial charge in [-0.15, -0.1) is 0 Å². The van der Waals surface area contributed by atoms with Crippen molar-refractivity contribution in [2.45, 2.75) is 72.8 Å². The Balaban J connectivity index is 1.86. The Hall–Kier alpha value is -2.86. The average Bonchev–Trinajstić information content (AvgIpc) is 2.81. The zero-order chi connectivity index (χ0) is 24.2. The lowest BCUT2D eigenvalue weighted by atomic mass is 9.72. The summed E-state index contributed by atoms with van der Waals surface area (Å²) in [7, 11) is 0.